The second kappa shape index (κ2) is 9.62. The molecular formula is C25H22FN3O4. The van der Waals surface area contributed by atoms with Gasteiger partial charge in [-0.25, -0.2) is 9.07 Å². The summed E-state index contributed by atoms with van der Waals surface area (Å²) in [5.41, 5.74) is 1.48. The zero-order chi connectivity index (χ0) is 23.4. The fourth-order valence-corrected chi connectivity index (χ4v) is 3.46. The maximum Gasteiger partial charge on any atom is 0.274 e. The summed E-state index contributed by atoms with van der Waals surface area (Å²) in [4.78, 5) is 24.1. The molecule has 1 amide bonds. The van der Waals surface area contributed by atoms with E-state index in [2.05, 4.69) is 10.4 Å². The fraction of sp³-hybridized carbons (Fsp3) is 0.160. The molecule has 0 bridgehead atoms. The van der Waals surface area contributed by atoms with Crippen LogP contribution in [0.1, 0.15) is 6.92 Å². The van der Waals surface area contributed by atoms with Gasteiger partial charge in [0.1, 0.15) is 24.3 Å². The van der Waals surface area contributed by atoms with Crippen molar-refractivity contribution >= 4 is 22.4 Å². The van der Waals surface area contributed by atoms with Crippen molar-refractivity contribution in [3.8, 4) is 17.0 Å². The lowest BCUT2D eigenvalue weighted by molar-refractivity contribution is -0.114. The Bertz CT molecular complexity index is 1330. The van der Waals surface area contributed by atoms with Crippen LogP contribution in [-0.4, -0.2) is 33.5 Å². The Kier molecular flexibility index (Phi) is 6.46. The molecule has 7 nitrogen and oxygen atoms in total. The summed E-state index contributed by atoms with van der Waals surface area (Å²) >= 11 is 0. The number of hydrogen-bond acceptors (Lipinski definition) is 5. The molecule has 0 saturated heterocycles. The summed E-state index contributed by atoms with van der Waals surface area (Å²) < 4.78 is 20.2. The molecule has 0 aliphatic carbocycles. The van der Waals surface area contributed by atoms with Gasteiger partial charge >= 0.3 is 0 Å². The minimum Gasteiger partial charge on any atom is -0.491 e. The van der Waals surface area contributed by atoms with Crippen LogP contribution < -0.4 is 15.6 Å². The highest BCUT2D eigenvalue weighted by Crippen LogP contribution is 2.25. The molecule has 0 spiro atoms. The van der Waals surface area contributed by atoms with Crippen LogP contribution >= 0.6 is 0 Å². The average Bonchev–Trinajstić information content (AvgIpc) is 2.81. The van der Waals surface area contributed by atoms with Gasteiger partial charge < -0.3 is 15.2 Å². The largest absolute Gasteiger partial charge is 0.491 e. The van der Waals surface area contributed by atoms with Gasteiger partial charge in [-0.15, -0.1) is 0 Å². The molecule has 33 heavy (non-hydrogen) atoms. The molecule has 0 aliphatic rings. The number of nitrogens with one attached hydrogen (secondary N) is 1. The van der Waals surface area contributed by atoms with E-state index in [0.29, 0.717) is 33.5 Å². The molecule has 1 unspecified atom stereocenters. The first-order valence-corrected chi connectivity index (χ1v) is 10.3. The zero-order valence-corrected chi connectivity index (χ0v) is 17.9. The molecule has 4 rings (SSSR count). The molecular weight excluding hydrogens is 425 g/mol. The number of benzene rings is 3. The van der Waals surface area contributed by atoms with Crippen LogP contribution in [0.15, 0.2) is 77.6 Å². The molecule has 168 valence electrons. The maximum absolute atomic E-state index is 13.4. The lowest BCUT2D eigenvalue weighted by Gasteiger charge is -2.16. The first kappa shape index (κ1) is 22.2. The molecule has 0 saturated carbocycles. The lowest BCUT2D eigenvalue weighted by atomic mass is 10.1. The van der Waals surface area contributed by atoms with E-state index in [-0.39, 0.29) is 30.4 Å². The fourth-order valence-electron chi connectivity index (χ4n) is 3.46. The molecule has 0 aliphatic heterocycles. The van der Waals surface area contributed by atoms with Crippen LogP contribution in [0.3, 0.4) is 0 Å². The number of aliphatic hydroxyl groups is 1. The summed E-state index contributed by atoms with van der Waals surface area (Å²) in [6, 6.07) is 19.6. The molecule has 0 radical (unpaired) electrons. The number of carbonyl (C=O) groups is 1. The number of anilines is 1. The maximum atomic E-state index is 13.4. The zero-order valence-electron chi connectivity index (χ0n) is 17.9. The highest BCUT2D eigenvalue weighted by molar-refractivity contribution is 5.93. The Hall–Kier alpha value is -4.04. The third kappa shape index (κ3) is 5.24. The van der Waals surface area contributed by atoms with Gasteiger partial charge in [-0.05, 0) is 54.6 Å². The van der Waals surface area contributed by atoms with Gasteiger partial charge in [-0.1, -0.05) is 18.2 Å². The first-order chi connectivity index (χ1) is 15.9. The van der Waals surface area contributed by atoms with Gasteiger partial charge in [0.25, 0.3) is 5.56 Å². The van der Waals surface area contributed by atoms with E-state index in [9.17, 15) is 19.1 Å². The number of aliphatic hydroxyl groups excluding tert-OH is 1. The van der Waals surface area contributed by atoms with Crippen LogP contribution in [0.4, 0.5) is 10.1 Å². The predicted octanol–water partition coefficient (Wildman–Crippen LogP) is 3.60. The number of ether oxygens (including phenoxy) is 1. The highest BCUT2D eigenvalue weighted by Gasteiger charge is 2.15. The molecule has 0 fully saturated rings. The number of aromatic nitrogens is 2. The molecule has 8 heteroatoms. The SMILES string of the molecule is CC(=O)Nc1ccc(OCC(O)Cn2nc(-c3ccc(F)cc3)c3ccccc3c2=O)cc1. The number of carbonyl (C=O) groups excluding carboxylic acids is 1. The van der Waals surface area contributed by atoms with E-state index in [1.54, 1.807) is 60.7 Å². The third-order valence-corrected chi connectivity index (χ3v) is 4.99. The van der Waals surface area contributed by atoms with Crippen molar-refractivity contribution in [1.29, 1.82) is 0 Å². The standard InChI is InChI=1S/C25H22FN3O4/c1-16(30)27-19-10-12-21(13-11-19)33-15-20(31)14-29-25(32)23-5-3-2-4-22(23)24(28-29)17-6-8-18(26)9-7-17/h2-13,20,31H,14-15H2,1H3,(H,27,30). The van der Waals surface area contributed by atoms with Gasteiger partial charge in [-0.3, -0.25) is 9.59 Å². The lowest BCUT2D eigenvalue weighted by Crippen LogP contribution is -2.32. The van der Waals surface area contributed by atoms with Crippen LogP contribution in [-0.2, 0) is 11.3 Å². The van der Waals surface area contributed by atoms with Gasteiger partial charge in [-0.2, -0.15) is 5.10 Å². The van der Waals surface area contributed by atoms with Crippen LogP contribution in [0.5, 0.6) is 5.75 Å². The van der Waals surface area contributed by atoms with Crippen molar-refractivity contribution in [3.05, 3.63) is 89.0 Å². The van der Waals surface area contributed by atoms with E-state index in [1.165, 1.54) is 23.7 Å². The third-order valence-electron chi connectivity index (χ3n) is 4.99. The summed E-state index contributed by atoms with van der Waals surface area (Å²) in [5.74, 6) is -0.0320. The van der Waals surface area contributed by atoms with Crippen molar-refractivity contribution in [1.82, 2.24) is 9.78 Å². The highest BCUT2D eigenvalue weighted by atomic mass is 19.1. The van der Waals surface area contributed by atoms with Crippen molar-refractivity contribution < 1.29 is 19.0 Å². The summed E-state index contributed by atoms with van der Waals surface area (Å²) in [7, 11) is 0. The van der Waals surface area contributed by atoms with Gasteiger partial charge in [0, 0.05) is 23.6 Å². The van der Waals surface area contributed by atoms with Crippen molar-refractivity contribution in [2.45, 2.75) is 19.6 Å². The van der Waals surface area contributed by atoms with Crippen LogP contribution in [0.25, 0.3) is 22.0 Å². The number of fused-ring (bicyclic) bond motifs is 1. The van der Waals surface area contributed by atoms with Gasteiger partial charge in [0.2, 0.25) is 5.91 Å². The number of nitrogens with zero attached hydrogens (tertiary/aromatic N) is 2. The Morgan fingerprint density at radius 2 is 1.73 bits per heavy atom. The Balaban J connectivity index is 1.54. The number of amides is 1. The number of hydrogen-bond donors (Lipinski definition) is 2. The summed E-state index contributed by atoms with van der Waals surface area (Å²) in [6.07, 6.45) is -1.01. The molecule has 1 heterocycles. The molecule has 4 aromatic rings. The molecule has 1 atom stereocenters. The quantitative estimate of drug-likeness (QED) is 0.452. The summed E-state index contributed by atoms with van der Waals surface area (Å²) in [5, 5.41) is 18.7. The normalized spacial score (nSPS) is 11.8. The molecule has 2 N–H and O–H groups in total. The predicted molar refractivity (Wildman–Crippen MR) is 124 cm³/mol. The van der Waals surface area contributed by atoms with E-state index in [0.717, 1.165) is 0 Å². The Morgan fingerprint density at radius 3 is 2.39 bits per heavy atom. The van der Waals surface area contributed by atoms with E-state index in [4.69, 9.17) is 4.74 Å². The molecule has 3 aromatic carbocycles. The van der Waals surface area contributed by atoms with Gasteiger partial charge in [0.05, 0.1) is 17.6 Å². The number of rotatable bonds is 7. The monoisotopic (exact) mass is 447 g/mol. The Morgan fingerprint density at radius 1 is 1.06 bits per heavy atom. The average molecular weight is 447 g/mol. The van der Waals surface area contributed by atoms with Crippen molar-refractivity contribution in [3.63, 3.8) is 0 Å². The second-order valence-electron chi connectivity index (χ2n) is 7.56. The second-order valence-corrected chi connectivity index (χ2v) is 7.56. The van der Waals surface area contributed by atoms with Crippen molar-refractivity contribution in [2.24, 2.45) is 0 Å². The van der Waals surface area contributed by atoms with Crippen LogP contribution in [0.2, 0.25) is 0 Å². The summed E-state index contributed by atoms with van der Waals surface area (Å²) in [6.45, 7) is 1.28. The van der Waals surface area contributed by atoms with Crippen LogP contribution in [0, 0.1) is 5.82 Å². The number of halogens is 1. The first-order valence-electron chi connectivity index (χ1n) is 10.3. The molecule has 1 aromatic heterocycles. The smallest absolute Gasteiger partial charge is 0.274 e. The Labute approximate surface area is 189 Å². The minimum atomic E-state index is -1.01. The minimum absolute atomic E-state index is 0.0632. The van der Waals surface area contributed by atoms with Crippen molar-refractivity contribution in [2.75, 3.05) is 11.9 Å². The van der Waals surface area contributed by atoms with E-state index >= 15 is 0 Å². The topological polar surface area (TPSA) is 93.4 Å². The van der Waals surface area contributed by atoms with Gasteiger partial charge in [0.15, 0.2) is 0 Å². The van der Waals surface area contributed by atoms with E-state index in [1.807, 2.05) is 0 Å². The van der Waals surface area contributed by atoms with E-state index < -0.39 is 6.10 Å².